The smallest absolute Gasteiger partial charge is 0.242 e. The second kappa shape index (κ2) is 5.44. The van der Waals surface area contributed by atoms with Gasteiger partial charge in [0, 0.05) is 16.6 Å². The molecule has 2 aromatic rings. The molecule has 0 unspecified atom stereocenters. The molecular weight excluding hydrogens is 248 g/mol. The van der Waals surface area contributed by atoms with Gasteiger partial charge in [0.2, 0.25) is 5.89 Å². The molecule has 0 aliphatic rings. The highest BCUT2D eigenvalue weighted by molar-refractivity contribution is 7.84. The SMILES string of the molecule is Cc1noc([C@H](C)[S@@](=O)Cc2ccccc2C)n1. The van der Waals surface area contributed by atoms with Gasteiger partial charge in [-0.25, -0.2) is 0 Å². The maximum Gasteiger partial charge on any atom is 0.242 e. The quantitative estimate of drug-likeness (QED) is 0.852. The molecule has 1 aromatic carbocycles. The van der Waals surface area contributed by atoms with Crippen LogP contribution in [0.5, 0.6) is 0 Å². The Kier molecular flexibility index (Phi) is 3.91. The second-order valence-electron chi connectivity index (χ2n) is 4.27. The topological polar surface area (TPSA) is 56.0 Å². The minimum atomic E-state index is -1.06. The highest BCUT2D eigenvalue weighted by Crippen LogP contribution is 2.21. The molecule has 2 atom stereocenters. The Morgan fingerprint density at radius 1 is 1.33 bits per heavy atom. The summed E-state index contributed by atoms with van der Waals surface area (Å²) in [6.07, 6.45) is 0. The molecule has 0 amide bonds. The van der Waals surface area contributed by atoms with Crippen molar-refractivity contribution in [1.29, 1.82) is 0 Å². The standard InChI is InChI=1S/C13H16N2O2S/c1-9-6-4-5-7-12(9)8-18(16)10(2)13-14-11(3)15-17-13/h4-7,10H,8H2,1-3H3/t10-,18-/m0/s1. The van der Waals surface area contributed by atoms with Gasteiger partial charge < -0.3 is 4.52 Å². The van der Waals surface area contributed by atoms with Crippen molar-refractivity contribution >= 4 is 10.8 Å². The van der Waals surface area contributed by atoms with Gasteiger partial charge in [-0.15, -0.1) is 0 Å². The van der Waals surface area contributed by atoms with Gasteiger partial charge in [-0.3, -0.25) is 4.21 Å². The minimum absolute atomic E-state index is 0.245. The molecule has 5 heteroatoms. The molecule has 0 radical (unpaired) electrons. The summed E-state index contributed by atoms with van der Waals surface area (Å²) in [6.45, 7) is 5.62. The Bertz CT molecular complexity index is 566. The zero-order valence-corrected chi connectivity index (χ0v) is 11.5. The average molecular weight is 264 g/mol. The van der Waals surface area contributed by atoms with Crippen LogP contribution in [0.4, 0.5) is 0 Å². The van der Waals surface area contributed by atoms with E-state index in [1.165, 1.54) is 0 Å². The van der Waals surface area contributed by atoms with Crippen molar-refractivity contribution in [2.24, 2.45) is 0 Å². The van der Waals surface area contributed by atoms with Gasteiger partial charge in [0.05, 0.1) is 0 Å². The van der Waals surface area contributed by atoms with Crippen LogP contribution in [0.2, 0.25) is 0 Å². The summed E-state index contributed by atoms with van der Waals surface area (Å²) < 4.78 is 17.3. The van der Waals surface area contributed by atoms with Gasteiger partial charge >= 0.3 is 0 Å². The van der Waals surface area contributed by atoms with E-state index in [0.717, 1.165) is 11.1 Å². The fourth-order valence-corrected chi connectivity index (χ4v) is 2.84. The van der Waals surface area contributed by atoms with Crippen LogP contribution in [-0.4, -0.2) is 14.3 Å². The van der Waals surface area contributed by atoms with Gasteiger partial charge in [-0.05, 0) is 31.9 Å². The molecular formula is C13H16N2O2S. The second-order valence-corrected chi connectivity index (χ2v) is 6.03. The van der Waals surface area contributed by atoms with Crippen molar-refractivity contribution in [3.63, 3.8) is 0 Å². The molecule has 1 heterocycles. The number of hydrogen-bond donors (Lipinski definition) is 0. The molecule has 18 heavy (non-hydrogen) atoms. The van der Waals surface area contributed by atoms with Crippen LogP contribution in [0, 0.1) is 13.8 Å². The summed E-state index contributed by atoms with van der Waals surface area (Å²) in [7, 11) is -1.06. The zero-order valence-electron chi connectivity index (χ0n) is 10.7. The van der Waals surface area contributed by atoms with Crippen molar-refractivity contribution in [1.82, 2.24) is 10.1 Å². The van der Waals surface area contributed by atoms with Crippen molar-refractivity contribution in [3.8, 4) is 0 Å². The van der Waals surface area contributed by atoms with E-state index >= 15 is 0 Å². The van der Waals surface area contributed by atoms with Gasteiger partial charge in [0.25, 0.3) is 0 Å². The van der Waals surface area contributed by atoms with E-state index in [0.29, 0.717) is 17.5 Å². The lowest BCUT2D eigenvalue weighted by molar-refractivity contribution is 0.375. The molecule has 0 aliphatic heterocycles. The highest BCUT2D eigenvalue weighted by atomic mass is 32.2. The number of aryl methyl sites for hydroxylation is 2. The lowest BCUT2D eigenvalue weighted by atomic mass is 10.1. The Labute approximate surface area is 109 Å². The maximum absolute atomic E-state index is 12.3. The fraction of sp³-hybridized carbons (Fsp3) is 0.385. The minimum Gasteiger partial charge on any atom is -0.338 e. The van der Waals surface area contributed by atoms with Crippen molar-refractivity contribution in [3.05, 3.63) is 47.1 Å². The van der Waals surface area contributed by atoms with Crippen LogP contribution in [-0.2, 0) is 16.6 Å². The normalized spacial score (nSPS) is 14.4. The zero-order chi connectivity index (χ0) is 13.1. The summed E-state index contributed by atoms with van der Waals surface area (Å²) in [5.74, 6) is 1.53. The van der Waals surface area contributed by atoms with Crippen LogP contribution in [0.3, 0.4) is 0 Å². The van der Waals surface area contributed by atoms with Gasteiger partial charge in [-0.2, -0.15) is 4.98 Å². The number of rotatable bonds is 4. The van der Waals surface area contributed by atoms with Crippen molar-refractivity contribution in [2.75, 3.05) is 0 Å². The lowest BCUT2D eigenvalue weighted by Gasteiger charge is -2.08. The monoisotopic (exact) mass is 264 g/mol. The van der Waals surface area contributed by atoms with Crippen LogP contribution < -0.4 is 0 Å². The lowest BCUT2D eigenvalue weighted by Crippen LogP contribution is -2.06. The first-order valence-electron chi connectivity index (χ1n) is 5.80. The van der Waals surface area contributed by atoms with Crippen LogP contribution >= 0.6 is 0 Å². The Hall–Kier alpha value is -1.49. The first-order chi connectivity index (χ1) is 8.58. The van der Waals surface area contributed by atoms with E-state index < -0.39 is 10.8 Å². The Balaban J connectivity index is 2.11. The average Bonchev–Trinajstić information content (AvgIpc) is 2.78. The summed E-state index contributed by atoms with van der Waals surface area (Å²) in [6, 6.07) is 7.96. The third kappa shape index (κ3) is 2.85. The molecule has 4 nitrogen and oxygen atoms in total. The Morgan fingerprint density at radius 3 is 2.67 bits per heavy atom. The molecule has 0 saturated heterocycles. The third-order valence-corrected chi connectivity index (χ3v) is 4.43. The summed E-state index contributed by atoms with van der Waals surface area (Å²) in [5, 5.41) is 3.48. The molecule has 0 spiro atoms. The molecule has 2 rings (SSSR count). The summed E-state index contributed by atoms with van der Waals surface area (Å²) in [4.78, 5) is 4.12. The van der Waals surface area contributed by atoms with Crippen LogP contribution in [0.15, 0.2) is 28.8 Å². The van der Waals surface area contributed by atoms with E-state index in [-0.39, 0.29) is 5.25 Å². The molecule has 0 N–H and O–H groups in total. The Morgan fingerprint density at radius 2 is 2.06 bits per heavy atom. The van der Waals surface area contributed by atoms with E-state index in [4.69, 9.17) is 4.52 Å². The highest BCUT2D eigenvalue weighted by Gasteiger charge is 2.20. The molecule has 1 aromatic heterocycles. The molecule has 0 bridgehead atoms. The largest absolute Gasteiger partial charge is 0.338 e. The molecule has 96 valence electrons. The first-order valence-corrected chi connectivity index (χ1v) is 7.18. The first kappa shape index (κ1) is 13.0. The predicted octanol–water partition coefficient (Wildman–Crippen LogP) is 2.70. The number of hydrogen-bond acceptors (Lipinski definition) is 4. The maximum atomic E-state index is 12.3. The summed E-state index contributed by atoms with van der Waals surface area (Å²) in [5.41, 5.74) is 2.25. The number of benzene rings is 1. The summed E-state index contributed by atoms with van der Waals surface area (Å²) >= 11 is 0. The van der Waals surface area contributed by atoms with E-state index in [2.05, 4.69) is 10.1 Å². The number of nitrogens with zero attached hydrogens (tertiary/aromatic N) is 2. The van der Waals surface area contributed by atoms with Gasteiger partial charge in [0.15, 0.2) is 5.82 Å². The van der Waals surface area contributed by atoms with Crippen molar-refractivity contribution < 1.29 is 8.73 Å². The predicted molar refractivity (Wildman–Crippen MR) is 70.5 cm³/mol. The van der Waals surface area contributed by atoms with E-state index in [9.17, 15) is 4.21 Å². The third-order valence-electron chi connectivity index (χ3n) is 2.84. The van der Waals surface area contributed by atoms with Crippen LogP contribution in [0.25, 0.3) is 0 Å². The van der Waals surface area contributed by atoms with Crippen molar-refractivity contribution in [2.45, 2.75) is 31.8 Å². The molecule has 0 aliphatic carbocycles. The molecule has 0 saturated carbocycles. The van der Waals surface area contributed by atoms with Gasteiger partial charge in [0.1, 0.15) is 5.25 Å². The fourth-order valence-electron chi connectivity index (χ4n) is 1.64. The van der Waals surface area contributed by atoms with E-state index in [1.54, 1.807) is 6.92 Å². The van der Waals surface area contributed by atoms with Gasteiger partial charge in [-0.1, -0.05) is 29.4 Å². The van der Waals surface area contributed by atoms with Crippen LogP contribution in [0.1, 0.15) is 35.0 Å². The van der Waals surface area contributed by atoms with E-state index in [1.807, 2.05) is 38.1 Å². The molecule has 0 fully saturated rings. The number of aromatic nitrogens is 2.